The Kier molecular flexibility index (Phi) is 3.22. The van der Waals surface area contributed by atoms with Crippen molar-refractivity contribution >= 4 is 11.3 Å². The molecule has 0 saturated carbocycles. The number of methoxy groups -OCH3 is 1. The van der Waals surface area contributed by atoms with E-state index in [1.165, 1.54) is 4.88 Å². The van der Waals surface area contributed by atoms with Gasteiger partial charge >= 0.3 is 0 Å². The first-order valence-corrected chi connectivity index (χ1v) is 5.81. The number of thiophene rings is 1. The molecular weight excluding hydrogens is 222 g/mol. The summed E-state index contributed by atoms with van der Waals surface area (Å²) >= 11 is 1.62. The summed E-state index contributed by atoms with van der Waals surface area (Å²) in [5.74, 6) is 0.610. The van der Waals surface area contributed by atoms with Gasteiger partial charge in [0.25, 0.3) is 0 Å². The third-order valence-corrected chi connectivity index (χ3v) is 3.28. The van der Waals surface area contributed by atoms with Crippen molar-refractivity contribution in [3.05, 3.63) is 45.9 Å². The Bertz CT molecular complexity index is 481. The third kappa shape index (κ3) is 2.08. The predicted octanol–water partition coefficient (Wildman–Crippen LogP) is 2.54. The molecule has 2 heterocycles. The summed E-state index contributed by atoms with van der Waals surface area (Å²) in [6.45, 7) is 2.02. The third-order valence-electron chi connectivity index (χ3n) is 2.40. The molecule has 84 valence electrons. The summed E-state index contributed by atoms with van der Waals surface area (Å²) in [5.41, 5.74) is 1.64. The molecular formula is C12H13NO2S. The number of aryl methyl sites for hydroxylation is 1. The van der Waals surface area contributed by atoms with Crippen LogP contribution in [0.4, 0.5) is 0 Å². The zero-order chi connectivity index (χ0) is 11.5. The minimum atomic E-state index is -0.650. The van der Waals surface area contributed by atoms with E-state index in [4.69, 9.17) is 4.74 Å². The Balaban J connectivity index is 2.36. The first-order valence-electron chi connectivity index (χ1n) is 4.93. The number of ether oxygens (including phenoxy) is 1. The molecule has 1 unspecified atom stereocenters. The highest BCUT2D eigenvalue weighted by atomic mass is 32.1. The topological polar surface area (TPSA) is 42.4 Å². The van der Waals surface area contributed by atoms with Crippen molar-refractivity contribution in [2.24, 2.45) is 0 Å². The summed E-state index contributed by atoms with van der Waals surface area (Å²) in [6.07, 6.45) is 2.61. The van der Waals surface area contributed by atoms with E-state index >= 15 is 0 Å². The van der Waals surface area contributed by atoms with Gasteiger partial charge in [-0.25, -0.2) is 0 Å². The Labute approximate surface area is 98.4 Å². The van der Waals surface area contributed by atoms with Crippen LogP contribution in [0.2, 0.25) is 0 Å². The van der Waals surface area contributed by atoms with Crippen LogP contribution in [0.25, 0.3) is 0 Å². The molecule has 0 aliphatic heterocycles. The van der Waals surface area contributed by atoms with E-state index in [0.717, 1.165) is 11.1 Å². The van der Waals surface area contributed by atoms with Gasteiger partial charge in [0.2, 0.25) is 0 Å². The van der Waals surface area contributed by atoms with Crippen LogP contribution in [0.15, 0.2) is 29.9 Å². The van der Waals surface area contributed by atoms with Gasteiger partial charge in [-0.3, -0.25) is 4.98 Å². The number of aliphatic hydroxyl groups is 1. The van der Waals surface area contributed by atoms with Crippen molar-refractivity contribution in [3.63, 3.8) is 0 Å². The van der Waals surface area contributed by atoms with Gasteiger partial charge in [-0.15, -0.1) is 11.3 Å². The van der Waals surface area contributed by atoms with Crippen LogP contribution >= 0.6 is 11.3 Å². The molecule has 2 rings (SSSR count). The average molecular weight is 235 g/mol. The van der Waals surface area contributed by atoms with Gasteiger partial charge in [0.15, 0.2) is 0 Å². The maximum Gasteiger partial charge on any atom is 0.143 e. The number of rotatable bonds is 3. The molecule has 0 bridgehead atoms. The second kappa shape index (κ2) is 4.63. The molecule has 1 N–H and O–H groups in total. The van der Waals surface area contributed by atoms with E-state index in [-0.39, 0.29) is 0 Å². The monoisotopic (exact) mass is 235 g/mol. The average Bonchev–Trinajstić information content (AvgIpc) is 2.75. The Hall–Kier alpha value is -1.39. The van der Waals surface area contributed by atoms with Crippen LogP contribution in [0.1, 0.15) is 22.1 Å². The molecule has 0 amide bonds. The van der Waals surface area contributed by atoms with E-state index in [2.05, 4.69) is 4.98 Å². The maximum absolute atomic E-state index is 10.2. The minimum absolute atomic E-state index is 0.610. The zero-order valence-corrected chi connectivity index (χ0v) is 9.99. The summed E-state index contributed by atoms with van der Waals surface area (Å²) < 4.78 is 5.18. The summed E-state index contributed by atoms with van der Waals surface area (Å²) in [7, 11) is 1.58. The number of hydrogen-bond acceptors (Lipinski definition) is 4. The lowest BCUT2D eigenvalue weighted by atomic mass is 10.0. The molecule has 16 heavy (non-hydrogen) atoms. The minimum Gasteiger partial charge on any atom is -0.495 e. The molecule has 0 fully saturated rings. The Morgan fingerprint density at radius 3 is 2.94 bits per heavy atom. The highest BCUT2D eigenvalue weighted by Gasteiger charge is 2.16. The Morgan fingerprint density at radius 2 is 2.31 bits per heavy atom. The fraction of sp³-hybridized carbons (Fsp3) is 0.250. The van der Waals surface area contributed by atoms with E-state index in [9.17, 15) is 5.11 Å². The molecule has 0 radical (unpaired) electrons. The summed E-state index contributed by atoms with van der Waals surface area (Å²) in [4.78, 5) is 5.15. The molecule has 0 aliphatic rings. The molecule has 2 aromatic rings. The predicted molar refractivity (Wildman–Crippen MR) is 63.9 cm³/mol. The first-order chi connectivity index (χ1) is 7.72. The molecule has 0 spiro atoms. The summed E-state index contributed by atoms with van der Waals surface area (Å²) in [5, 5.41) is 12.2. The quantitative estimate of drug-likeness (QED) is 0.889. The van der Waals surface area contributed by atoms with Gasteiger partial charge in [-0.1, -0.05) is 0 Å². The van der Waals surface area contributed by atoms with Crippen LogP contribution in [-0.4, -0.2) is 17.2 Å². The standard InChI is InChI=1S/C12H13NO2S/c1-8-5-9(7-16-8)12(14)10-3-4-13-6-11(10)15-2/h3-7,12,14H,1-2H3. The first kappa shape index (κ1) is 11.1. The van der Waals surface area contributed by atoms with E-state index in [1.54, 1.807) is 36.9 Å². The lowest BCUT2D eigenvalue weighted by Crippen LogP contribution is -2.01. The lowest BCUT2D eigenvalue weighted by molar-refractivity contribution is 0.215. The van der Waals surface area contributed by atoms with Crippen molar-refractivity contribution < 1.29 is 9.84 Å². The van der Waals surface area contributed by atoms with Crippen LogP contribution in [0.5, 0.6) is 5.75 Å². The van der Waals surface area contributed by atoms with Crippen LogP contribution in [-0.2, 0) is 0 Å². The van der Waals surface area contributed by atoms with Crippen molar-refractivity contribution in [2.45, 2.75) is 13.0 Å². The van der Waals surface area contributed by atoms with Gasteiger partial charge in [-0.05, 0) is 30.0 Å². The second-order valence-corrected chi connectivity index (χ2v) is 4.63. The van der Waals surface area contributed by atoms with Gasteiger partial charge < -0.3 is 9.84 Å². The normalized spacial score (nSPS) is 12.4. The molecule has 0 saturated heterocycles. The Morgan fingerprint density at radius 1 is 1.50 bits per heavy atom. The van der Waals surface area contributed by atoms with Crippen molar-refractivity contribution in [2.75, 3.05) is 7.11 Å². The fourth-order valence-electron chi connectivity index (χ4n) is 1.57. The van der Waals surface area contributed by atoms with Crippen LogP contribution < -0.4 is 4.74 Å². The molecule has 0 aliphatic carbocycles. The van der Waals surface area contributed by atoms with Crippen molar-refractivity contribution in [1.82, 2.24) is 4.98 Å². The fourth-order valence-corrected chi connectivity index (χ4v) is 2.30. The number of aromatic nitrogens is 1. The highest BCUT2D eigenvalue weighted by molar-refractivity contribution is 7.10. The smallest absolute Gasteiger partial charge is 0.143 e. The molecule has 0 aromatic carbocycles. The maximum atomic E-state index is 10.2. The number of aliphatic hydroxyl groups excluding tert-OH is 1. The molecule has 4 heteroatoms. The van der Waals surface area contributed by atoms with E-state index in [1.807, 2.05) is 18.4 Å². The van der Waals surface area contributed by atoms with Gasteiger partial charge in [0, 0.05) is 16.6 Å². The number of nitrogens with zero attached hydrogens (tertiary/aromatic N) is 1. The largest absolute Gasteiger partial charge is 0.495 e. The van der Waals surface area contributed by atoms with Crippen molar-refractivity contribution in [1.29, 1.82) is 0 Å². The number of pyridine rings is 1. The van der Waals surface area contributed by atoms with E-state index < -0.39 is 6.10 Å². The highest BCUT2D eigenvalue weighted by Crippen LogP contribution is 2.31. The lowest BCUT2D eigenvalue weighted by Gasteiger charge is -2.12. The number of hydrogen-bond donors (Lipinski definition) is 1. The summed E-state index contributed by atoms with van der Waals surface area (Å²) in [6, 6.07) is 3.76. The van der Waals surface area contributed by atoms with Crippen LogP contribution in [0.3, 0.4) is 0 Å². The SMILES string of the molecule is COc1cnccc1C(O)c1csc(C)c1. The van der Waals surface area contributed by atoms with Gasteiger partial charge in [0.05, 0.1) is 13.3 Å². The van der Waals surface area contributed by atoms with Gasteiger partial charge in [0.1, 0.15) is 11.9 Å². The van der Waals surface area contributed by atoms with Crippen LogP contribution in [0, 0.1) is 6.92 Å². The molecule has 3 nitrogen and oxygen atoms in total. The second-order valence-electron chi connectivity index (χ2n) is 3.51. The molecule has 1 atom stereocenters. The van der Waals surface area contributed by atoms with Crippen molar-refractivity contribution in [3.8, 4) is 5.75 Å². The zero-order valence-electron chi connectivity index (χ0n) is 9.18. The van der Waals surface area contributed by atoms with Gasteiger partial charge in [-0.2, -0.15) is 0 Å². The van der Waals surface area contributed by atoms with E-state index in [0.29, 0.717) is 5.75 Å². The molecule has 2 aromatic heterocycles.